The number of hydrogen-bond acceptors (Lipinski definition) is 15. The molecule has 0 spiro atoms. The van der Waals surface area contributed by atoms with Crippen LogP contribution in [0.15, 0.2) is 0 Å². The maximum Gasteiger partial charge on any atom is 0.472 e. The number of hydrogen-bond donors (Lipinski definition) is 3. The van der Waals surface area contributed by atoms with Gasteiger partial charge < -0.3 is 33.8 Å². The standard InChI is InChI=1S/C75H146O17P2/c1-6-9-12-15-18-21-24-26-28-29-30-31-33-35-38-41-44-51-56-61-75(80)91-70(64-85-72(77)58-53-48-42-39-37-34-32-27-25-22-19-16-13-10-7-2)66-89-93(81,82)87-62-69(76)63-88-94(83,84)90-67-71(65-86-73(78)59-54-49-46-45-47-52-57-68(4)5)92-74(79)60-55-50-43-40-36-23-20-17-14-11-8-3/h68-71,76H,6-67H2,1-5H3,(H,81,82)(H,83,84)/t69-,70-,71-/m1/s1. The predicted octanol–water partition coefficient (Wildman–Crippen LogP) is 22.1. The van der Waals surface area contributed by atoms with Gasteiger partial charge in [0.1, 0.15) is 19.3 Å². The summed E-state index contributed by atoms with van der Waals surface area (Å²) in [5, 5.41) is 10.6. The highest BCUT2D eigenvalue weighted by molar-refractivity contribution is 7.47. The van der Waals surface area contributed by atoms with Crippen LogP contribution in [-0.4, -0.2) is 96.7 Å². The summed E-state index contributed by atoms with van der Waals surface area (Å²) >= 11 is 0. The van der Waals surface area contributed by atoms with E-state index in [1.54, 1.807) is 0 Å². The average Bonchev–Trinajstić information content (AvgIpc) is 1.57. The van der Waals surface area contributed by atoms with Gasteiger partial charge >= 0.3 is 39.5 Å². The number of phosphoric ester groups is 2. The summed E-state index contributed by atoms with van der Waals surface area (Å²) in [7, 11) is -9.91. The summed E-state index contributed by atoms with van der Waals surface area (Å²) in [6.07, 6.45) is 57.0. The molecule has 0 bridgehead atoms. The van der Waals surface area contributed by atoms with Crippen molar-refractivity contribution in [1.82, 2.24) is 0 Å². The van der Waals surface area contributed by atoms with E-state index < -0.39 is 97.5 Å². The molecule has 0 aromatic rings. The zero-order valence-electron chi connectivity index (χ0n) is 61.1. The molecule has 0 saturated heterocycles. The highest BCUT2D eigenvalue weighted by Crippen LogP contribution is 2.45. The highest BCUT2D eigenvalue weighted by Gasteiger charge is 2.30. The zero-order valence-corrected chi connectivity index (χ0v) is 62.9. The molecule has 17 nitrogen and oxygen atoms in total. The Kier molecular flexibility index (Phi) is 66.8. The summed E-state index contributed by atoms with van der Waals surface area (Å²) in [6, 6.07) is 0. The van der Waals surface area contributed by atoms with Crippen molar-refractivity contribution in [3.8, 4) is 0 Å². The van der Waals surface area contributed by atoms with E-state index in [1.807, 2.05) is 0 Å². The van der Waals surface area contributed by atoms with Crippen molar-refractivity contribution in [2.45, 2.75) is 412 Å². The molecule has 0 heterocycles. The lowest BCUT2D eigenvalue weighted by Gasteiger charge is -2.21. The van der Waals surface area contributed by atoms with Crippen LogP contribution >= 0.6 is 15.6 Å². The first kappa shape index (κ1) is 92.1. The molecule has 0 fully saturated rings. The lowest BCUT2D eigenvalue weighted by Crippen LogP contribution is -2.30. The fraction of sp³-hybridized carbons (Fsp3) is 0.947. The van der Waals surface area contributed by atoms with E-state index in [2.05, 4.69) is 34.6 Å². The van der Waals surface area contributed by atoms with E-state index in [0.717, 1.165) is 96.3 Å². The van der Waals surface area contributed by atoms with E-state index in [9.17, 15) is 43.2 Å². The summed E-state index contributed by atoms with van der Waals surface area (Å²) in [5.74, 6) is -1.44. The number of rotatable bonds is 75. The Labute approximate surface area is 575 Å². The number of ether oxygens (including phenoxy) is 4. The van der Waals surface area contributed by atoms with Gasteiger partial charge in [-0.2, -0.15) is 0 Å². The van der Waals surface area contributed by atoms with Gasteiger partial charge in [0.2, 0.25) is 0 Å². The Morgan fingerprint density at radius 1 is 0.287 bits per heavy atom. The Balaban J connectivity index is 5.21. The molecule has 0 aliphatic rings. The first-order chi connectivity index (χ1) is 45.5. The number of aliphatic hydroxyl groups excluding tert-OH is 1. The first-order valence-corrected chi connectivity index (χ1v) is 42.1. The molecule has 0 radical (unpaired) electrons. The van der Waals surface area contributed by atoms with Crippen molar-refractivity contribution in [3.05, 3.63) is 0 Å². The molecule has 2 unspecified atom stereocenters. The van der Waals surface area contributed by atoms with Crippen molar-refractivity contribution < 1.29 is 80.2 Å². The van der Waals surface area contributed by atoms with E-state index in [4.69, 9.17) is 37.0 Å². The maximum absolute atomic E-state index is 13.1. The van der Waals surface area contributed by atoms with Crippen LogP contribution in [0.1, 0.15) is 394 Å². The van der Waals surface area contributed by atoms with Crippen molar-refractivity contribution in [3.63, 3.8) is 0 Å². The second-order valence-electron chi connectivity index (χ2n) is 27.5. The normalized spacial score (nSPS) is 14.0. The topological polar surface area (TPSA) is 237 Å². The number of aliphatic hydroxyl groups is 1. The Hall–Kier alpha value is -1.94. The van der Waals surface area contributed by atoms with Gasteiger partial charge in [-0.15, -0.1) is 0 Å². The van der Waals surface area contributed by atoms with Crippen LogP contribution in [0.3, 0.4) is 0 Å². The summed E-state index contributed by atoms with van der Waals surface area (Å²) in [4.78, 5) is 72.7. The number of carbonyl (C=O) groups excluding carboxylic acids is 4. The quantitative estimate of drug-likeness (QED) is 0.0222. The highest BCUT2D eigenvalue weighted by atomic mass is 31.2. The SMILES string of the molecule is CCCCCCCCCCCCCCCCCCCCCC(=O)O[C@H](COC(=O)CCCCCCCCCCCCCCCCC)COP(=O)(O)OC[C@@H](O)COP(=O)(O)OC[C@@H](COC(=O)CCCCCCCCC(C)C)OC(=O)CCCCCCCCCCCCC. The van der Waals surface area contributed by atoms with Gasteiger partial charge in [-0.05, 0) is 31.6 Å². The predicted molar refractivity (Wildman–Crippen MR) is 382 cm³/mol. The van der Waals surface area contributed by atoms with E-state index >= 15 is 0 Å². The van der Waals surface area contributed by atoms with Crippen LogP contribution in [-0.2, 0) is 65.4 Å². The maximum atomic E-state index is 13.1. The molecule has 0 aromatic carbocycles. The molecule has 0 amide bonds. The minimum atomic E-state index is -4.96. The second kappa shape index (κ2) is 68.2. The van der Waals surface area contributed by atoms with Gasteiger partial charge in [0.15, 0.2) is 12.2 Å². The number of esters is 4. The van der Waals surface area contributed by atoms with Crippen LogP contribution in [0, 0.1) is 5.92 Å². The fourth-order valence-electron chi connectivity index (χ4n) is 11.5. The molecule has 0 aromatic heterocycles. The van der Waals surface area contributed by atoms with Crippen molar-refractivity contribution in [2.75, 3.05) is 39.6 Å². The smallest absolute Gasteiger partial charge is 0.462 e. The van der Waals surface area contributed by atoms with E-state index in [-0.39, 0.29) is 25.7 Å². The molecule has 0 aliphatic heterocycles. The van der Waals surface area contributed by atoms with Gasteiger partial charge in [-0.3, -0.25) is 37.3 Å². The van der Waals surface area contributed by atoms with Crippen molar-refractivity contribution in [1.29, 1.82) is 0 Å². The van der Waals surface area contributed by atoms with E-state index in [1.165, 1.54) is 212 Å². The molecule has 19 heteroatoms. The van der Waals surface area contributed by atoms with E-state index in [0.29, 0.717) is 31.6 Å². The minimum absolute atomic E-state index is 0.106. The van der Waals surface area contributed by atoms with Crippen LogP contribution in [0.4, 0.5) is 0 Å². The largest absolute Gasteiger partial charge is 0.472 e. The second-order valence-corrected chi connectivity index (χ2v) is 30.4. The van der Waals surface area contributed by atoms with Crippen LogP contribution < -0.4 is 0 Å². The third-order valence-electron chi connectivity index (χ3n) is 17.5. The average molecular weight is 1380 g/mol. The van der Waals surface area contributed by atoms with Gasteiger partial charge in [0.25, 0.3) is 0 Å². The lowest BCUT2D eigenvalue weighted by molar-refractivity contribution is -0.161. The van der Waals surface area contributed by atoms with Crippen LogP contribution in [0.25, 0.3) is 0 Å². The Morgan fingerprint density at radius 3 is 0.723 bits per heavy atom. The van der Waals surface area contributed by atoms with Crippen molar-refractivity contribution in [2.24, 2.45) is 5.92 Å². The molecule has 5 atom stereocenters. The minimum Gasteiger partial charge on any atom is -0.462 e. The molecular weight excluding hydrogens is 1230 g/mol. The first-order valence-electron chi connectivity index (χ1n) is 39.1. The molecular formula is C75H146O17P2. The molecule has 0 saturated carbocycles. The molecule has 0 aliphatic carbocycles. The number of carbonyl (C=O) groups is 4. The third kappa shape index (κ3) is 68.6. The monoisotopic (exact) mass is 1380 g/mol. The number of phosphoric acid groups is 2. The Morgan fingerprint density at radius 2 is 0.489 bits per heavy atom. The third-order valence-corrected chi connectivity index (χ3v) is 19.4. The van der Waals surface area contributed by atoms with Gasteiger partial charge in [-0.1, -0.05) is 343 Å². The van der Waals surface area contributed by atoms with Crippen molar-refractivity contribution >= 4 is 39.5 Å². The number of unbranched alkanes of at least 4 members (excludes halogenated alkanes) is 47. The summed E-state index contributed by atoms with van der Waals surface area (Å²) in [5.41, 5.74) is 0. The summed E-state index contributed by atoms with van der Waals surface area (Å²) < 4.78 is 68.4. The van der Waals surface area contributed by atoms with Crippen LogP contribution in [0.5, 0.6) is 0 Å². The lowest BCUT2D eigenvalue weighted by atomic mass is 10.0. The molecule has 558 valence electrons. The van der Waals surface area contributed by atoms with Gasteiger partial charge in [0.05, 0.1) is 26.4 Å². The Bertz CT molecular complexity index is 1810. The molecule has 0 rings (SSSR count). The summed E-state index contributed by atoms with van der Waals surface area (Å²) in [6.45, 7) is 7.20. The zero-order chi connectivity index (χ0) is 69.1. The molecule has 94 heavy (non-hydrogen) atoms. The fourth-order valence-corrected chi connectivity index (χ4v) is 13.1. The van der Waals surface area contributed by atoms with Crippen LogP contribution in [0.2, 0.25) is 0 Å². The van der Waals surface area contributed by atoms with Gasteiger partial charge in [-0.25, -0.2) is 9.13 Å². The van der Waals surface area contributed by atoms with Gasteiger partial charge in [0, 0.05) is 25.7 Å². The molecule has 3 N–H and O–H groups in total.